The topological polar surface area (TPSA) is 92.6 Å². The normalized spacial score (nSPS) is 12.2. The number of carbonyl (C=O) groups excluding carboxylic acids is 2. The number of non-ortho nitro benzene ring substituents is 1. The summed E-state index contributed by atoms with van der Waals surface area (Å²) in [7, 11) is 0. The molecule has 10 heteroatoms. The van der Waals surface area contributed by atoms with Crippen molar-refractivity contribution in [1.29, 1.82) is 0 Å². The van der Waals surface area contributed by atoms with E-state index >= 15 is 0 Å². The van der Waals surface area contributed by atoms with Crippen LogP contribution in [0.3, 0.4) is 0 Å². The van der Waals surface area contributed by atoms with Gasteiger partial charge in [-0.3, -0.25) is 19.7 Å². The quantitative estimate of drug-likeness (QED) is 0.309. The molecule has 0 fully saturated rings. The van der Waals surface area contributed by atoms with Crippen LogP contribution in [0.2, 0.25) is 10.0 Å². The van der Waals surface area contributed by atoms with E-state index < -0.39 is 16.5 Å². The maximum Gasteiger partial charge on any atom is 0.269 e. The van der Waals surface area contributed by atoms with Gasteiger partial charge in [0.2, 0.25) is 11.8 Å². The van der Waals surface area contributed by atoms with E-state index in [2.05, 4.69) is 5.32 Å². The van der Waals surface area contributed by atoms with E-state index in [4.69, 9.17) is 23.2 Å². The van der Waals surface area contributed by atoms with E-state index in [0.29, 0.717) is 27.8 Å². The van der Waals surface area contributed by atoms with Crippen LogP contribution in [0, 0.1) is 10.1 Å². The highest BCUT2D eigenvalue weighted by molar-refractivity contribution is 7.99. The Labute approximate surface area is 214 Å². The predicted octanol–water partition coefficient (Wildman–Crippen LogP) is 5.86. The van der Waals surface area contributed by atoms with Crippen LogP contribution < -0.4 is 5.32 Å². The summed E-state index contributed by atoms with van der Waals surface area (Å²) in [5.41, 5.74) is 1.14. The van der Waals surface area contributed by atoms with Crippen molar-refractivity contribution < 1.29 is 14.5 Å². The third-order valence-electron chi connectivity index (χ3n) is 4.88. The lowest BCUT2D eigenvalue weighted by Gasteiger charge is -2.33. The second-order valence-corrected chi connectivity index (χ2v) is 10.7. The van der Waals surface area contributed by atoms with Gasteiger partial charge in [-0.2, -0.15) is 0 Å². The Bertz CT molecular complexity index is 1030. The molecule has 0 aliphatic carbocycles. The molecule has 1 N–H and O–H groups in total. The Morgan fingerprint density at radius 2 is 1.79 bits per heavy atom. The second-order valence-electron chi connectivity index (χ2n) is 8.84. The highest BCUT2D eigenvalue weighted by Crippen LogP contribution is 2.25. The average Bonchev–Trinajstić information content (AvgIpc) is 2.74. The summed E-state index contributed by atoms with van der Waals surface area (Å²) in [5.74, 6) is 0.216. The molecule has 0 aliphatic rings. The number of rotatable bonds is 10. The van der Waals surface area contributed by atoms with Gasteiger partial charge in [0.05, 0.1) is 10.7 Å². The molecule has 184 valence electrons. The van der Waals surface area contributed by atoms with E-state index in [-0.39, 0.29) is 29.8 Å². The molecule has 0 saturated heterocycles. The number of nitrogens with zero attached hydrogens (tertiary/aromatic N) is 2. The van der Waals surface area contributed by atoms with Crippen LogP contribution in [0.1, 0.15) is 45.2 Å². The first-order valence-corrected chi connectivity index (χ1v) is 12.7. The predicted molar refractivity (Wildman–Crippen MR) is 138 cm³/mol. The number of nitro groups is 1. The number of hydrogen-bond donors (Lipinski definition) is 1. The Kier molecular flexibility index (Phi) is 10.2. The van der Waals surface area contributed by atoms with Gasteiger partial charge in [0.1, 0.15) is 6.04 Å². The molecule has 2 aromatic rings. The van der Waals surface area contributed by atoms with Crippen LogP contribution in [0.25, 0.3) is 0 Å². The van der Waals surface area contributed by atoms with Gasteiger partial charge >= 0.3 is 0 Å². The Hall–Kier alpha value is -2.29. The number of nitro benzene ring substituents is 1. The van der Waals surface area contributed by atoms with Gasteiger partial charge in [0, 0.05) is 40.0 Å². The standard InChI is InChI=1S/C24H29Cl2N3O4S/c1-5-21(23(31)27-24(2,3)4)28(13-17-8-9-18(25)12-20(17)26)22(30)15-34-14-16-6-10-19(11-7-16)29(32)33/h6-12,21H,5,13-15H2,1-4H3,(H,27,31)/t21-/m1/s1. The van der Waals surface area contributed by atoms with E-state index in [9.17, 15) is 19.7 Å². The first-order chi connectivity index (χ1) is 15.9. The number of hydrogen-bond acceptors (Lipinski definition) is 5. The van der Waals surface area contributed by atoms with Crippen molar-refractivity contribution in [2.45, 2.75) is 58.0 Å². The number of halogens is 2. The van der Waals surface area contributed by atoms with Crippen LogP contribution >= 0.6 is 35.0 Å². The Morgan fingerprint density at radius 3 is 2.32 bits per heavy atom. The maximum atomic E-state index is 13.3. The largest absolute Gasteiger partial charge is 0.350 e. The van der Waals surface area contributed by atoms with Gasteiger partial charge in [-0.25, -0.2) is 0 Å². The number of carbonyl (C=O) groups is 2. The Balaban J connectivity index is 2.18. The molecular weight excluding hydrogens is 497 g/mol. The molecule has 7 nitrogen and oxygen atoms in total. The van der Waals surface area contributed by atoms with Gasteiger partial charge in [-0.05, 0) is 50.5 Å². The zero-order valence-electron chi connectivity index (χ0n) is 19.6. The van der Waals surface area contributed by atoms with Crippen molar-refractivity contribution in [2.75, 3.05) is 5.75 Å². The summed E-state index contributed by atoms with van der Waals surface area (Å²) in [6, 6.07) is 10.6. The van der Waals surface area contributed by atoms with Gasteiger partial charge in [-0.15, -0.1) is 11.8 Å². The Morgan fingerprint density at radius 1 is 1.15 bits per heavy atom. The second kappa shape index (κ2) is 12.4. The minimum Gasteiger partial charge on any atom is -0.350 e. The number of nitrogens with one attached hydrogen (secondary N) is 1. The van der Waals surface area contributed by atoms with E-state index in [1.165, 1.54) is 23.9 Å². The first-order valence-electron chi connectivity index (χ1n) is 10.8. The summed E-state index contributed by atoms with van der Waals surface area (Å²) in [4.78, 5) is 38.2. The van der Waals surface area contributed by atoms with E-state index in [1.54, 1.807) is 35.2 Å². The van der Waals surface area contributed by atoms with Crippen LogP contribution in [-0.2, 0) is 21.9 Å². The third-order valence-corrected chi connectivity index (χ3v) is 6.46. The van der Waals surface area contributed by atoms with Gasteiger partial charge in [-0.1, -0.05) is 48.3 Å². The lowest BCUT2D eigenvalue weighted by molar-refractivity contribution is -0.384. The maximum absolute atomic E-state index is 13.3. The molecule has 2 rings (SSSR count). The molecule has 0 aromatic heterocycles. The zero-order valence-corrected chi connectivity index (χ0v) is 22.0. The highest BCUT2D eigenvalue weighted by atomic mass is 35.5. The molecule has 34 heavy (non-hydrogen) atoms. The van der Waals surface area contributed by atoms with Crippen molar-refractivity contribution in [2.24, 2.45) is 0 Å². The summed E-state index contributed by atoms with van der Waals surface area (Å²) in [6.45, 7) is 7.70. The fourth-order valence-electron chi connectivity index (χ4n) is 3.26. The van der Waals surface area contributed by atoms with Crippen LogP contribution in [-0.4, -0.2) is 39.0 Å². The number of benzene rings is 2. The van der Waals surface area contributed by atoms with Crippen LogP contribution in [0.15, 0.2) is 42.5 Å². The summed E-state index contributed by atoms with van der Waals surface area (Å²) >= 11 is 13.7. The van der Waals surface area contributed by atoms with Gasteiger partial charge < -0.3 is 10.2 Å². The van der Waals surface area contributed by atoms with Crippen LogP contribution in [0.4, 0.5) is 5.69 Å². The summed E-state index contributed by atoms with van der Waals surface area (Å²) in [6.07, 6.45) is 0.436. The monoisotopic (exact) mass is 525 g/mol. The molecule has 0 spiro atoms. The first kappa shape index (κ1) is 28.0. The van der Waals surface area contributed by atoms with Gasteiger partial charge in [0.25, 0.3) is 5.69 Å². The summed E-state index contributed by atoms with van der Waals surface area (Å²) in [5, 5.41) is 14.7. The van der Waals surface area contributed by atoms with Crippen molar-refractivity contribution in [3.05, 3.63) is 73.8 Å². The molecule has 2 aromatic carbocycles. The van der Waals surface area contributed by atoms with Gasteiger partial charge in [0.15, 0.2) is 0 Å². The molecule has 0 heterocycles. The molecule has 0 bridgehead atoms. The SMILES string of the molecule is CC[C@H](C(=O)NC(C)(C)C)N(Cc1ccc(Cl)cc1Cl)C(=O)CSCc1ccc([N+](=O)[O-])cc1. The lowest BCUT2D eigenvalue weighted by atomic mass is 10.1. The molecule has 0 aliphatic heterocycles. The smallest absolute Gasteiger partial charge is 0.269 e. The summed E-state index contributed by atoms with van der Waals surface area (Å²) < 4.78 is 0. The van der Waals surface area contributed by atoms with E-state index in [1.807, 2.05) is 27.7 Å². The molecule has 0 unspecified atom stereocenters. The molecule has 1 atom stereocenters. The minimum atomic E-state index is -0.668. The number of thioether (sulfide) groups is 1. The van der Waals surface area contributed by atoms with Crippen LogP contribution in [0.5, 0.6) is 0 Å². The van der Waals surface area contributed by atoms with E-state index in [0.717, 1.165) is 5.56 Å². The third kappa shape index (κ3) is 8.49. The fourth-order valence-corrected chi connectivity index (χ4v) is 4.60. The highest BCUT2D eigenvalue weighted by Gasteiger charge is 2.31. The molecule has 0 radical (unpaired) electrons. The lowest BCUT2D eigenvalue weighted by Crippen LogP contribution is -2.53. The van der Waals surface area contributed by atoms with Crippen molar-refractivity contribution >= 4 is 52.5 Å². The molecular formula is C24H29Cl2N3O4S. The van der Waals surface area contributed by atoms with Crippen molar-refractivity contribution in [3.8, 4) is 0 Å². The van der Waals surface area contributed by atoms with Crippen molar-refractivity contribution in [1.82, 2.24) is 10.2 Å². The number of amides is 2. The average molecular weight is 526 g/mol. The minimum absolute atomic E-state index is 0.0199. The fraction of sp³-hybridized carbons (Fsp3) is 0.417. The molecule has 2 amide bonds. The van der Waals surface area contributed by atoms with Crippen molar-refractivity contribution in [3.63, 3.8) is 0 Å². The molecule has 0 saturated carbocycles. The zero-order chi connectivity index (χ0) is 25.5.